The number of aromatic nitrogens is 1. The minimum Gasteiger partial charge on any atom is -0.354 e. The van der Waals surface area contributed by atoms with E-state index >= 15 is 0 Å². The van der Waals surface area contributed by atoms with Crippen LogP contribution in [0.2, 0.25) is 0 Å². The standard InChI is InChI=1S/C9H13N.C2H6/c1-10-7-6-8-4-2-3-5-9(8)10;1-2/h6-7H,2-5H2,1H3;1-2H3. The fourth-order valence-corrected chi connectivity index (χ4v) is 1.79. The number of aryl methyl sites for hydroxylation is 2. The maximum atomic E-state index is 2.26. The van der Waals surface area contributed by atoms with Crippen LogP contribution in [0.15, 0.2) is 12.3 Å². The van der Waals surface area contributed by atoms with E-state index in [1.807, 2.05) is 13.8 Å². The summed E-state index contributed by atoms with van der Waals surface area (Å²) in [6.45, 7) is 4.00. The van der Waals surface area contributed by atoms with Gasteiger partial charge in [-0.3, -0.25) is 0 Å². The molecule has 1 nitrogen and oxygen atoms in total. The highest BCUT2D eigenvalue weighted by molar-refractivity contribution is 5.24. The van der Waals surface area contributed by atoms with Gasteiger partial charge < -0.3 is 4.57 Å². The zero-order chi connectivity index (χ0) is 8.97. The summed E-state index contributed by atoms with van der Waals surface area (Å²) < 4.78 is 2.26. The second kappa shape index (κ2) is 4.34. The number of nitrogens with zero attached hydrogens (tertiary/aromatic N) is 1. The molecule has 0 amide bonds. The lowest BCUT2D eigenvalue weighted by Crippen LogP contribution is -2.04. The fraction of sp³-hybridized carbons (Fsp3) is 0.636. The van der Waals surface area contributed by atoms with Gasteiger partial charge in [-0.2, -0.15) is 0 Å². The summed E-state index contributed by atoms with van der Waals surface area (Å²) in [5, 5.41) is 0. The largest absolute Gasteiger partial charge is 0.354 e. The van der Waals surface area contributed by atoms with Crippen LogP contribution in [0.4, 0.5) is 0 Å². The molecule has 0 fully saturated rings. The normalized spacial score (nSPS) is 14.6. The Morgan fingerprint density at radius 3 is 2.50 bits per heavy atom. The van der Waals surface area contributed by atoms with Gasteiger partial charge in [0.15, 0.2) is 0 Å². The summed E-state index contributed by atoms with van der Waals surface area (Å²) in [5.74, 6) is 0. The molecule has 12 heavy (non-hydrogen) atoms. The van der Waals surface area contributed by atoms with Gasteiger partial charge in [0.25, 0.3) is 0 Å². The monoisotopic (exact) mass is 165 g/mol. The summed E-state index contributed by atoms with van der Waals surface area (Å²) in [4.78, 5) is 0. The van der Waals surface area contributed by atoms with E-state index in [-0.39, 0.29) is 0 Å². The van der Waals surface area contributed by atoms with Crippen molar-refractivity contribution in [3.63, 3.8) is 0 Å². The Hall–Kier alpha value is -0.720. The van der Waals surface area contributed by atoms with Crippen molar-refractivity contribution in [2.45, 2.75) is 39.5 Å². The molecule has 0 radical (unpaired) electrons. The molecule has 0 saturated heterocycles. The highest BCUT2D eigenvalue weighted by atomic mass is 14.9. The third-order valence-electron chi connectivity index (χ3n) is 2.41. The Bertz CT molecular complexity index is 235. The van der Waals surface area contributed by atoms with Crippen molar-refractivity contribution in [1.29, 1.82) is 0 Å². The van der Waals surface area contributed by atoms with Crippen LogP contribution >= 0.6 is 0 Å². The van der Waals surface area contributed by atoms with Crippen molar-refractivity contribution in [2.75, 3.05) is 0 Å². The summed E-state index contributed by atoms with van der Waals surface area (Å²) in [6, 6.07) is 2.26. The highest BCUT2D eigenvalue weighted by Crippen LogP contribution is 2.20. The first-order chi connectivity index (χ1) is 5.88. The van der Waals surface area contributed by atoms with Crippen LogP contribution in [0.25, 0.3) is 0 Å². The van der Waals surface area contributed by atoms with Crippen LogP contribution in [0, 0.1) is 0 Å². The Morgan fingerprint density at radius 1 is 1.17 bits per heavy atom. The predicted molar refractivity (Wildman–Crippen MR) is 53.4 cm³/mol. The first-order valence-electron chi connectivity index (χ1n) is 5.01. The zero-order valence-corrected chi connectivity index (χ0v) is 8.43. The van der Waals surface area contributed by atoms with Crippen LogP contribution in [-0.4, -0.2) is 4.57 Å². The van der Waals surface area contributed by atoms with E-state index in [2.05, 4.69) is 23.9 Å². The molecule has 0 saturated carbocycles. The zero-order valence-electron chi connectivity index (χ0n) is 8.43. The number of hydrogen-bond acceptors (Lipinski definition) is 0. The average molecular weight is 165 g/mol. The third-order valence-corrected chi connectivity index (χ3v) is 2.41. The van der Waals surface area contributed by atoms with Gasteiger partial charge in [0.05, 0.1) is 0 Å². The molecule has 0 spiro atoms. The molecule has 0 N–H and O–H groups in total. The van der Waals surface area contributed by atoms with Crippen LogP contribution in [-0.2, 0) is 19.9 Å². The summed E-state index contributed by atoms with van der Waals surface area (Å²) in [6.07, 6.45) is 7.53. The third kappa shape index (κ3) is 1.71. The van der Waals surface area contributed by atoms with Crippen molar-refractivity contribution in [3.05, 3.63) is 23.5 Å². The van der Waals surface area contributed by atoms with E-state index in [1.54, 1.807) is 11.3 Å². The first-order valence-corrected chi connectivity index (χ1v) is 5.01. The molecular weight excluding hydrogens is 146 g/mol. The van der Waals surface area contributed by atoms with Gasteiger partial charge in [-0.05, 0) is 37.3 Å². The fourth-order valence-electron chi connectivity index (χ4n) is 1.79. The van der Waals surface area contributed by atoms with Gasteiger partial charge >= 0.3 is 0 Å². The Morgan fingerprint density at radius 2 is 1.83 bits per heavy atom. The maximum absolute atomic E-state index is 2.26. The quantitative estimate of drug-likeness (QED) is 0.557. The van der Waals surface area contributed by atoms with E-state index < -0.39 is 0 Å². The Kier molecular flexibility index (Phi) is 3.39. The van der Waals surface area contributed by atoms with Crippen molar-refractivity contribution in [1.82, 2.24) is 4.57 Å². The van der Waals surface area contributed by atoms with Crippen LogP contribution in [0.3, 0.4) is 0 Å². The van der Waals surface area contributed by atoms with Gasteiger partial charge in [0.2, 0.25) is 0 Å². The van der Waals surface area contributed by atoms with Crippen molar-refractivity contribution >= 4 is 0 Å². The SMILES string of the molecule is CC.Cn1ccc2c1CCCC2. The minimum atomic E-state index is 1.29. The number of rotatable bonds is 0. The van der Waals surface area contributed by atoms with Gasteiger partial charge in [0, 0.05) is 18.9 Å². The van der Waals surface area contributed by atoms with Crippen molar-refractivity contribution in [3.8, 4) is 0 Å². The predicted octanol–water partition coefficient (Wildman–Crippen LogP) is 2.93. The molecule has 0 aromatic carbocycles. The second-order valence-electron chi connectivity index (χ2n) is 3.11. The van der Waals surface area contributed by atoms with E-state index in [4.69, 9.17) is 0 Å². The van der Waals surface area contributed by atoms with Crippen LogP contribution in [0.5, 0.6) is 0 Å². The van der Waals surface area contributed by atoms with Gasteiger partial charge in [-0.15, -0.1) is 0 Å². The molecule has 1 aromatic heterocycles. The second-order valence-corrected chi connectivity index (χ2v) is 3.11. The molecule has 0 bridgehead atoms. The molecular formula is C11H19N. The van der Waals surface area contributed by atoms with E-state index in [9.17, 15) is 0 Å². The molecule has 0 unspecified atom stereocenters. The smallest absolute Gasteiger partial charge is 0.0203 e. The minimum absolute atomic E-state index is 1.29. The topological polar surface area (TPSA) is 4.93 Å². The van der Waals surface area contributed by atoms with Gasteiger partial charge in [-0.1, -0.05) is 13.8 Å². The van der Waals surface area contributed by atoms with Crippen molar-refractivity contribution in [2.24, 2.45) is 7.05 Å². The summed E-state index contributed by atoms with van der Waals surface area (Å²) >= 11 is 0. The molecule has 1 heterocycles. The average Bonchev–Trinajstić information content (AvgIpc) is 2.53. The molecule has 68 valence electrons. The van der Waals surface area contributed by atoms with E-state index in [0.717, 1.165) is 0 Å². The summed E-state index contributed by atoms with van der Waals surface area (Å²) in [7, 11) is 2.14. The molecule has 1 aliphatic carbocycles. The van der Waals surface area contributed by atoms with E-state index in [1.165, 1.54) is 25.7 Å². The first kappa shape index (κ1) is 9.37. The van der Waals surface area contributed by atoms with E-state index in [0.29, 0.717) is 0 Å². The highest BCUT2D eigenvalue weighted by Gasteiger charge is 2.10. The molecule has 1 aliphatic rings. The van der Waals surface area contributed by atoms with Crippen LogP contribution in [0.1, 0.15) is 37.9 Å². The van der Waals surface area contributed by atoms with Gasteiger partial charge in [-0.25, -0.2) is 0 Å². The number of hydrogen-bond donors (Lipinski definition) is 0. The summed E-state index contributed by atoms with van der Waals surface area (Å²) in [5.41, 5.74) is 3.14. The molecule has 1 heteroatoms. The molecule has 2 rings (SSSR count). The van der Waals surface area contributed by atoms with Crippen LogP contribution < -0.4 is 0 Å². The van der Waals surface area contributed by atoms with Crippen molar-refractivity contribution < 1.29 is 0 Å². The lowest BCUT2D eigenvalue weighted by Gasteiger charge is -2.12. The molecule has 1 aromatic rings. The molecule has 0 aliphatic heterocycles. The Balaban J connectivity index is 0.000000336. The Labute approximate surface area is 75.4 Å². The maximum Gasteiger partial charge on any atom is 0.0203 e. The lowest BCUT2D eigenvalue weighted by molar-refractivity contribution is 0.648. The number of fused-ring (bicyclic) bond motifs is 1. The van der Waals surface area contributed by atoms with Gasteiger partial charge in [0.1, 0.15) is 0 Å². The lowest BCUT2D eigenvalue weighted by atomic mass is 9.98. The molecule has 0 atom stereocenters.